The van der Waals surface area contributed by atoms with Crippen molar-refractivity contribution in [2.45, 2.75) is 13.3 Å². The summed E-state index contributed by atoms with van der Waals surface area (Å²) in [6.07, 6.45) is 0.370. The van der Waals surface area contributed by atoms with Crippen LogP contribution < -0.4 is 10.1 Å². The van der Waals surface area contributed by atoms with Crippen molar-refractivity contribution in [2.24, 2.45) is 0 Å². The first kappa shape index (κ1) is 13.3. The quantitative estimate of drug-likeness (QED) is 0.847. The monoisotopic (exact) mass is 257 g/mol. The highest BCUT2D eigenvalue weighted by Crippen LogP contribution is 2.27. The average Bonchev–Trinajstić information content (AvgIpc) is 2.27. The Labute approximate surface area is 103 Å². The number of aliphatic carboxylic acids is 1. The van der Waals surface area contributed by atoms with Crippen LogP contribution in [-0.4, -0.2) is 23.6 Å². The highest BCUT2D eigenvalue weighted by atomic mass is 35.5. The maximum atomic E-state index is 11.1. The second kappa shape index (κ2) is 6.10. The number of carboxylic acid groups (broad SMARTS) is 1. The van der Waals surface area contributed by atoms with Gasteiger partial charge in [-0.15, -0.1) is 0 Å². The molecule has 1 amide bonds. The maximum absolute atomic E-state index is 11.1. The average molecular weight is 258 g/mol. The molecule has 0 spiro atoms. The predicted molar refractivity (Wildman–Crippen MR) is 63.5 cm³/mol. The largest absolute Gasteiger partial charge is 0.480 e. The Kier molecular flexibility index (Phi) is 4.78. The van der Waals surface area contributed by atoms with Gasteiger partial charge in [0, 0.05) is 12.1 Å². The van der Waals surface area contributed by atoms with Gasteiger partial charge in [-0.2, -0.15) is 0 Å². The molecule has 1 aromatic rings. The van der Waals surface area contributed by atoms with Crippen LogP contribution in [0.5, 0.6) is 5.75 Å². The molecule has 5 nitrogen and oxygen atoms in total. The Balaban J connectivity index is 2.72. The van der Waals surface area contributed by atoms with Gasteiger partial charge in [0.25, 0.3) is 0 Å². The Morgan fingerprint density at radius 3 is 2.71 bits per heavy atom. The summed E-state index contributed by atoms with van der Waals surface area (Å²) in [6, 6.07) is 4.61. The SMILES string of the molecule is CCC(=O)Nc1ccc(OCC(=O)O)c(Cl)c1. The van der Waals surface area contributed by atoms with Crippen LogP contribution in [0.25, 0.3) is 0 Å². The molecule has 0 saturated heterocycles. The lowest BCUT2D eigenvalue weighted by Gasteiger charge is -2.08. The minimum Gasteiger partial charge on any atom is -0.480 e. The van der Waals surface area contributed by atoms with Crippen molar-refractivity contribution in [2.75, 3.05) is 11.9 Å². The van der Waals surface area contributed by atoms with Gasteiger partial charge in [0.1, 0.15) is 5.75 Å². The molecule has 0 aromatic heterocycles. The standard InChI is InChI=1S/C11H12ClNO4/c1-2-10(14)13-7-3-4-9(8(12)5-7)17-6-11(15)16/h3-5H,2,6H2,1H3,(H,13,14)(H,15,16). The molecule has 0 unspecified atom stereocenters. The number of nitrogens with one attached hydrogen (secondary N) is 1. The van der Waals surface area contributed by atoms with Gasteiger partial charge in [-0.3, -0.25) is 4.79 Å². The van der Waals surface area contributed by atoms with Gasteiger partial charge in [0.2, 0.25) is 5.91 Å². The van der Waals surface area contributed by atoms with Crippen molar-refractivity contribution in [3.05, 3.63) is 23.2 Å². The van der Waals surface area contributed by atoms with Gasteiger partial charge >= 0.3 is 5.97 Å². The lowest BCUT2D eigenvalue weighted by molar-refractivity contribution is -0.139. The van der Waals surface area contributed by atoms with E-state index < -0.39 is 12.6 Å². The van der Waals surface area contributed by atoms with Crippen LogP contribution in [0, 0.1) is 0 Å². The first-order chi connectivity index (χ1) is 8.02. The summed E-state index contributed by atoms with van der Waals surface area (Å²) in [4.78, 5) is 21.4. The summed E-state index contributed by atoms with van der Waals surface area (Å²) in [5.41, 5.74) is 0.546. The smallest absolute Gasteiger partial charge is 0.341 e. The molecule has 92 valence electrons. The van der Waals surface area contributed by atoms with E-state index >= 15 is 0 Å². The molecule has 0 aliphatic rings. The summed E-state index contributed by atoms with van der Waals surface area (Å²) < 4.78 is 4.94. The van der Waals surface area contributed by atoms with E-state index in [2.05, 4.69) is 5.32 Å². The van der Waals surface area contributed by atoms with E-state index in [-0.39, 0.29) is 16.7 Å². The zero-order valence-corrected chi connectivity index (χ0v) is 9.95. The highest BCUT2D eigenvalue weighted by molar-refractivity contribution is 6.32. The summed E-state index contributed by atoms with van der Waals surface area (Å²) in [5.74, 6) is -0.937. The van der Waals surface area contributed by atoms with Crippen molar-refractivity contribution in [3.8, 4) is 5.75 Å². The predicted octanol–water partition coefficient (Wildman–Crippen LogP) is 2.15. The van der Waals surface area contributed by atoms with Gasteiger partial charge in [0.15, 0.2) is 6.61 Å². The molecule has 0 radical (unpaired) electrons. The molecule has 2 N–H and O–H groups in total. The molecule has 17 heavy (non-hydrogen) atoms. The normalized spacial score (nSPS) is 9.76. The number of benzene rings is 1. The number of carbonyl (C=O) groups is 2. The first-order valence-corrected chi connectivity index (χ1v) is 5.34. The number of rotatable bonds is 5. The van der Waals surface area contributed by atoms with Crippen LogP contribution >= 0.6 is 11.6 Å². The number of amides is 1. The third kappa shape index (κ3) is 4.32. The molecule has 0 atom stereocenters. The van der Waals surface area contributed by atoms with Crippen LogP contribution in [0.4, 0.5) is 5.69 Å². The van der Waals surface area contributed by atoms with Crippen LogP contribution in [0.1, 0.15) is 13.3 Å². The van der Waals surface area contributed by atoms with Crippen molar-refractivity contribution in [3.63, 3.8) is 0 Å². The van der Waals surface area contributed by atoms with E-state index in [1.165, 1.54) is 12.1 Å². The molecule has 0 heterocycles. The number of carbonyl (C=O) groups excluding carboxylic acids is 1. The molecular formula is C11H12ClNO4. The summed E-state index contributed by atoms with van der Waals surface area (Å²) in [5, 5.41) is 11.3. The summed E-state index contributed by atoms with van der Waals surface area (Å²) in [7, 11) is 0. The van der Waals surface area contributed by atoms with Gasteiger partial charge < -0.3 is 15.2 Å². The van der Waals surface area contributed by atoms with Crippen LogP contribution in [-0.2, 0) is 9.59 Å². The second-order valence-electron chi connectivity index (χ2n) is 3.23. The van der Waals surface area contributed by atoms with E-state index in [9.17, 15) is 9.59 Å². The minimum atomic E-state index is -1.08. The van der Waals surface area contributed by atoms with E-state index in [0.29, 0.717) is 12.1 Å². The first-order valence-electron chi connectivity index (χ1n) is 4.97. The molecule has 0 aliphatic carbocycles. The number of halogens is 1. The van der Waals surface area contributed by atoms with Gasteiger partial charge in [-0.25, -0.2) is 4.79 Å². The molecule has 0 fully saturated rings. The van der Waals surface area contributed by atoms with E-state index in [1.54, 1.807) is 13.0 Å². The summed E-state index contributed by atoms with van der Waals surface area (Å²) >= 11 is 5.87. The molecule has 0 bridgehead atoms. The van der Waals surface area contributed by atoms with Crippen molar-refractivity contribution in [1.82, 2.24) is 0 Å². The third-order valence-electron chi connectivity index (χ3n) is 1.89. The molecular weight excluding hydrogens is 246 g/mol. The second-order valence-corrected chi connectivity index (χ2v) is 3.64. The number of hydrogen-bond donors (Lipinski definition) is 2. The highest BCUT2D eigenvalue weighted by Gasteiger charge is 2.06. The number of carboxylic acids is 1. The molecule has 0 saturated carbocycles. The number of ether oxygens (including phenoxy) is 1. The molecule has 0 aliphatic heterocycles. The van der Waals surface area contributed by atoms with E-state index in [1.807, 2.05) is 0 Å². The lowest BCUT2D eigenvalue weighted by atomic mass is 10.3. The van der Waals surface area contributed by atoms with Crippen molar-refractivity contribution in [1.29, 1.82) is 0 Å². The van der Waals surface area contributed by atoms with Crippen LogP contribution in [0.2, 0.25) is 5.02 Å². The summed E-state index contributed by atoms with van der Waals surface area (Å²) in [6.45, 7) is 1.28. The van der Waals surface area contributed by atoms with E-state index in [0.717, 1.165) is 0 Å². The topological polar surface area (TPSA) is 75.6 Å². The van der Waals surface area contributed by atoms with Gasteiger partial charge in [-0.05, 0) is 18.2 Å². The number of hydrogen-bond acceptors (Lipinski definition) is 3. The van der Waals surface area contributed by atoms with Crippen molar-refractivity contribution >= 4 is 29.2 Å². The third-order valence-corrected chi connectivity index (χ3v) is 2.18. The fourth-order valence-corrected chi connectivity index (χ4v) is 1.32. The Bertz CT molecular complexity index is 433. The fourth-order valence-electron chi connectivity index (χ4n) is 1.08. The van der Waals surface area contributed by atoms with Gasteiger partial charge in [-0.1, -0.05) is 18.5 Å². The Hall–Kier alpha value is -1.75. The number of anilines is 1. The van der Waals surface area contributed by atoms with Crippen molar-refractivity contribution < 1.29 is 19.4 Å². The fraction of sp³-hybridized carbons (Fsp3) is 0.273. The van der Waals surface area contributed by atoms with E-state index in [4.69, 9.17) is 21.4 Å². The maximum Gasteiger partial charge on any atom is 0.341 e. The molecule has 6 heteroatoms. The Morgan fingerprint density at radius 1 is 1.47 bits per heavy atom. The van der Waals surface area contributed by atoms with Crippen LogP contribution in [0.3, 0.4) is 0 Å². The molecule has 1 aromatic carbocycles. The molecule has 1 rings (SSSR count). The zero-order valence-electron chi connectivity index (χ0n) is 9.20. The zero-order chi connectivity index (χ0) is 12.8. The Morgan fingerprint density at radius 2 is 2.18 bits per heavy atom. The lowest BCUT2D eigenvalue weighted by Crippen LogP contribution is -2.11. The van der Waals surface area contributed by atoms with Crippen LogP contribution in [0.15, 0.2) is 18.2 Å². The van der Waals surface area contributed by atoms with Gasteiger partial charge in [0.05, 0.1) is 5.02 Å². The minimum absolute atomic E-state index is 0.125.